The molecule has 3 N–H and O–H groups in total. The van der Waals surface area contributed by atoms with Gasteiger partial charge in [-0.15, -0.1) is 0 Å². The zero-order valence-electron chi connectivity index (χ0n) is 9.96. The summed E-state index contributed by atoms with van der Waals surface area (Å²) in [5, 5.41) is 11.3. The fourth-order valence-corrected chi connectivity index (χ4v) is 1.11. The number of rotatable bonds is 6. The molecule has 94 valence electrons. The van der Waals surface area contributed by atoms with Crippen LogP contribution in [0.2, 0.25) is 0 Å². The molecule has 0 amide bonds. The molecule has 1 rings (SSSR count). The van der Waals surface area contributed by atoms with Crippen molar-refractivity contribution in [3.05, 3.63) is 24.0 Å². The van der Waals surface area contributed by atoms with E-state index in [1.807, 2.05) is 13.8 Å². The van der Waals surface area contributed by atoms with E-state index in [-0.39, 0.29) is 11.9 Å². The van der Waals surface area contributed by atoms with Gasteiger partial charge in [-0.05, 0) is 26.0 Å². The lowest BCUT2D eigenvalue weighted by Gasteiger charge is -2.09. The van der Waals surface area contributed by atoms with Gasteiger partial charge in [0, 0.05) is 0 Å². The van der Waals surface area contributed by atoms with Gasteiger partial charge in [-0.1, -0.05) is 5.16 Å². The van der Waals surface area contributed by atoms with E-state index in [1.54, 1.807) is 12.1 Å². The topological polar surface area (TPSA) is 90.0 Å². The highest BCUT2D eigenvalue weighted by molar-refractivity contribution is 5.95. The largest absolute Gasteiger partial charge is 0.490 e. The first-order chi connectivity index (χ1) is 8.13. The van der Waals surface area contributed by atoms with Crippen LogP contribution in [0.25, 0.3) is 0 Å². The van der Waals surface area contributed by atoms with E-state index in [2.05, 4.69) is 10.1 Å². The van der Waals surface area contributed by atoms with Crippen LogP contribution in [0.4, 0.5) is 0 Å². The van der Waals surface area contributed by atoms with Gasteiger partial charge in [-0.3, -0.25) is 0 Å². The Kier molecular flexibility index (Phi) is 5.22. The van der Waals surface area contributed by atoms with Crippen molar-refractivity contribution < 1.29 is 14.7 Å². The van der Waals surface area contributed by atoms with E-state index in [0.717, 1.165) is 0 Å². The smallest absolute Gasteiger partial charge is 0.188 e. The average Bonchev–Trinajstić information content (AvgIpc) is 2.34. The second kappa shape index (κ2) is 6.70. The molecule has 0 aliphatic rings. The second-order valence-electron chi connectivity index (χ2n) is 3.63. The van der Waals surface area contributed by atoms with Crippen LogP contribution in [0.1, 0.15) is 19.5 Å². The Hall–Kier alpha value is -1.82. The lowest BCUT2D eigenvalue weighted by atomic mass is 10.3. The van der Waals surface area contributed by atoms with Crippen LogP contribution in [0.15, 0.2) is 23.5 Å². The number of nitrogens with two attached hydrogens (primary N) is 1. The molecule has 6 nitrogen and oxygen atoms in total. The molecule has 0 unspecified atom stereocenters. The number of ether oxygens (including phenoxy) is 2. The number of nitrogens with zero attached hydrogens (tertiary/aromatic N) is 2. The molecule has 6 heteroatoms. The van der Waals surface area contributed by atoms with Gasteiger partial charge >= 0.3 is 0 Å². The first-order valence-corrected chi connectivity index (χ1v) is 5.32. The fraction of sp³-hybridized carbons (Fsp3) is 0.455. The number of hydrogen-bond donors (Lipinski definition) is 2. The molecule has 0 bridgehead atoms. The molecule has 1 aromatic heterocycles. The Morgan fingerprint density at radius 2 is 2.24 bits per heavy atom. The van der Waals surface area contributed by atoms with Gasteiger partial charge in [0.25, 0.3) is 0 Å². The maximum atomic E-state index is 8.46. The Bertz CT molecular complexity index is 363. The fourth-order valence-electron chi connectivity index (χ4n) is 1.11. The molecule has 0 saturated carbocycles. The summed E-state index contributed by atoms with van der Waals surface area (Å²) in [6, 6.07) is 3.32. The lowest BCUT2D eigenvalue weighted by molar-refractivity contribution is 0.0552. The molecule has 0 atom stereocenters. The molecule has 1 aromatic rings. The molecular weight excluding hydrogens is 222 g/mol. The van der Waals surface area contributed by atoms with Gasteiger partial charge in [-0.2, -0.15) is 0 Å². The molecule has 0 radical (unpaired) electrons. The molecule has 0 aromatic carbocycles. The summed E-state index contributed by atoms with van der Waals surface area (Å²) in [6.45, 7) is 4.92. The highest BCUT2D eigenvalue weighted by Gasteiger charge is 2.01. The van der Waals surface area contributed by atoms with Crippen molar-refractivity contribution in [2.24, 2.45) is 10.9 Å². The normalized spacial score (nSPS) is 11.8. The molecule has 0 aliphatic carbocycles. The van der Waals surface area contributed by atoms with E-state index in [4.69, 9.17) is 20.4 Å². The van der Waals surface area contributed by atoms with E-state index in [9.17, 15) is 0 Å². The van der Waals surface area contributed by atoms with Gasteiger partial charge < -0.3 is 20.4 Å². The summed E-state index contributed by atoms with van der Waals surface area (Å²) in [4.78, 5) is 3.98. The Morgan fingerprint density at radius 3 is 2.76 bits per heavy atom. The monoisotopic (exact) mass is 239 g/mol. The van der Waals surface area contributed by atoms with Gasteiger partial charge in [0.15, 0.2) is 5.84 Å². The zero-order chi connectivity index (χ0) is 12.7. The summed E-state index contributed by atoms with van der Waals surface area (Å²) >= 11 is 0. The lowest BCUT2D eigenvalue weighted by Crippen LogP contribution is -2.15. The number of oxime groups is 1. The Labute approximate surface area is 100 Å². The van der Waals surface area contributed by atoms with Crippen LogP contribution in [0, 0.1) is 0 Å². The maximum Gasteiger partial charge on any atom is 0.188 e. The van der Waals surface area contributed by atoms with Crippen LogP contribution in [0.5, 0.6) is 5.75 Å². The summed E-state index contributed by atoms with van der Waals surface area (Å²) in [7, 11) is 0. The highest BCUT2D eigenvalue weighted by Crippen LogP contribution is 2.08. The zero-order valence-corrected chi connectivity index (χ0v) is 9.96. The Morgan fingerprint density at radius 1 is 1.47 bits per heavy atom. The number of hydrogen-bond acceptors (Lipinski definition) is 5. The molecule has 17 heavy (non-hydrogen) atoms. The minimum atomic E-state index is -0.0281. The van der Waals surface area contributed by atoms with Gasteiger partial charge in [0.05, 0.1) is 18.9 Å². The first kappa shape index (κ1) is 13.2. The van der Waals surface area contributed by atoms with Crippen molar-refractivity contribution in [3.8, 4) is 5.75 Å². The number of amidine groups is 1. The van der Waals surface area contributed by atoms with Crippen LogP contribution in [0.3, 0.4) is 0 Å². The van der Waals surface area contributed by atoms with Crippen LogP contribution < -0.4 is 10.5 Å². The third-order valence-electron chi connectivity index (χ3n) is 1.91. The minimum Gasteiger partial charge on any atom is -0.490 e. The van der Waals surface area contributed by atoms with Crippen molar-refractivity contribution in [1.82, 2.24) is 4.98 Å². The highest BCUT2D eigenvalue weighted by atomic mass is 16.5. The molecular formula is C11H17N3O3. The first-order valence-electron chi connectivity index (χ1n) is 5.32. The predicted molar refractivity (Wildman–Crippen MR) is 63.3 cm³/mol. The molecule has 0 fully saturated rings. The average molecular weight is 239 g/mol. The molecule has 0 saturated heterocycles. The van der Waals surface area contributed by atoms with E-state index in [1.165, 1.54) is 6.20 Å². The minimum absolute atomic E-state index is 0.0281. The second-order valence-corrected chi connectivity index (χ2v) is 3.63. The number of pyridine rings is 1. The Balaban J connectivity index is 2.41. The van der Waals surface area contributed by atoms with Gasteiger partial charge in [0.1, 0.15) is 18.1 Å². The van der Waals surface area contributed by atoms with Gasteiger partial charge in [0.2, 0.25) is 0 Å². The van der Waals surface area contributed by atoms with Crippen LogP contribution in [-0.2, 0) is 4.74 Å². The summed E-state index contributed by atoms with van der Waals surface area (Å²) in [5.41, 5.74) is 5.78. The predicted octanol–water partition coefficient (Wildman–Crippen LogP) is 0.980. The summed E-state index contributed by atoms with van der Waals surface area (Å²) < 4.78 is 10.7. The van der Waals surface area contributed by atoms with Crippen molar-refractivity contribution >= 4 is 5.84 Å². The van der Waals surface area contributed by atoms with Crippen molar-refractivity contribution in [2.75, 3.05) is 13.2 Å². The molecule has 1 heterocycles. The summed E-state index contributed by atoms with van der Waals surface area (Å²) in [5.74, 6) is 0.589. The SMILES string of the molecule is CC(C)OCCOc1ccc(/C(N)=N/O)nc1. The van der Waals surface area contributed by atoms with Crippen molar-refractivity contribution in [2.45, 2.75) is 20.0 Å². The third kappa shape index (κ3) is 4.69. The summed E-state index contributed by atoms with van der Waals surface area (Å²) in [6.07, 6.45) is 1.71. The van der Waals surface area contributed by atoms with E-state index >= 15 is 0 Å². The maximum absolute atomic E-state index is 8.46. The third-order valence-corrected chi connectivity index (χ3v) is 1.91. The standard InChI is InChI=1S/C11H17N3O3/c1-8(2)16-5-6-17-9-3-4-10(13-7-9)11(12)14-15/h3-4,7-8,15H,5-6H2,1-2H3,(H2,12,14). The van der Waals surface area contributed by atoms with Crippen LogP contribution in [-0.4, -0.2) is 35.3 Å². The van der Waals surface area contributed by atoms with E-state index in [0.29, 0.717) is 24.7 Å². The van der Waals surface area contributed by atoms with Crippen molar-refractivity contribution in [3.63, 3.8) is 0 Å². The quantitative estimate of drug-likeness (QED) is 0.254. The van der Waals surface area contributed by atoms with Crippen molar-refractivity contribution in [1.29, 1.82) is 0 Å². The van der Waals surface area contributed by atoms with Crippen LogP contribution >= 0.6 is 0 Å². The molecule has 0 spiro atoms. The van der Waals surface area contributed by atoms with Gasteiger partial charge in [-0.25, -0.2) is 4.98 Å². The van der Waals surface area contributed by atoms with E-state index < -0.39 is 0 Å². The molecule has 0 aliphatic heterocycles. The number of aromatic nitrogens is 1.